The molecule has 1 nitrogen and oxygen atoms in total. The second kappa shape index (κ2) is 5.66. The van der Waals surface area contributed by atoms with Crippen molar-refractivity contribution in [3.63, 3.8) is 0 Å². The van der Waals surface area contributed by atoms with E-state index in [1.165, 1.54) is 51.6 Å². The van der Waals surface area contributed by atoms with Gasteiger partial charge in [-0.05, 0) is 63.1 Å². The maximum atomic E-state index is 4.11. The number of hydrogen-bond acceptors (Lipinski definition) is 1. The maximum Gasteiger partial charge on any atom is 0.0460 e. The zero-order valence-corrected chi connectivity index (χ0v) is 12.0. The fourth-order valence-electron chi connectivity index (χ4n) is 4.12. The highest BCUT2D eigenvalue weighted by Crippen LogP contribution is 2.46. The summed E-state index contributed by atoms with van der Waals surface area (Å²) in [6.45, 7) is 6.70. The van der Waals surface area contributed by atoms with Gasteiger partial charge in [-0.25, -0.2) is 0 Å². The first-order chi connectivity index (χ1) is 9.35. The van der Waals surface area contributed by atoms with Gasteiger partial charge in [0.15, 0.2) is 0 Å². The van der Waals surface area contributed by atoms with Crippen molar-refractivity contribution in [1.29, 1.82) is 0 Å². The first kappa shape index (κ1) is 13.2. The van der Waals surface area contributed by atoms with Crippen LogP contribution in [-0.2, 0) is 5.54 Å². The van der Waals surface area contributed by atoms with Gasteiger partial charge in [-0.1, -0.05) is 43.7 Å². The minimum Gasteiger partial charge on any atom is -0.294 e. The van der Waals surface area contributed by atoms with Gasteiger partial charge >= 0.3 is 0 Å². The van der Waals surface area contributed by atoms with Crippen molar-refractivity contribution >= 4 is 0 Å². The number of nitrogens with zero attached hydrogens (tertiary/aromatic N) is 1. The topological polar surface area (TPSA) is 3.24 Å². The molecule has 1 aromatic rings. The number of benzene rings is 1. The molecule has 1 heterocycles. The third-order valence-corrected chi connectivity index (χ3v) is 5.36. The van der Waals surface area contributed by atoms with Crippen molar-refractivity contribution in [2.75, 3.05) is 13.1 Å². The van der Waals surface area contributed by atoms with Crippen molar-refractivity contribution in [3.05, 3.63) is 42.8 Å². The van der Waals surface area contributed by atoms with Crippen LogP contribution in [0.5, 0.6) is 0 Å². The predicted octanol–water partition coefficient (Wildman–Crippen LogP) is 4.39. The molecule has 19 heavy (non-hydrogen) atoms. The fraction of sp³-hybridized carbons (Fsp3) is 0.611. The summed E-state index contributed by atoms with van der Waals surface area (Å²) in [6, 6.07) is 11.3. The predicted molar refractivity (Wildman–Crippen MR) is 80.9 cm³/mol. The first-order valence-corrected chi connectivity index (χ1v) is 7.95. The van der Waals surface area contributed by atoms with Gasteiger partial charge in [-0.2, -0.15) is 0 Å². The SMILES string of the molecule is [CH2]CC1CCC(c2ccccc2)(N2CCCC2)CC1. The molecule has 103 valence electrons. The van der Waals surface area contributed by atoms with Crippen LogP contribution >= 0.6 is 0 Å². The van der Waals surface area contributed by atoms with Gasteiger partial charge < -0.3 is 0 Å². The zero-order valence-electron chi connectivity index (χ0n) is 12.0. The van der Waals surface area contributed by atoms with E-state index in [9.17, 15) is 0 Å². The fourth-order valence-corrected chi connectivity index (χ4v) is 4.12. The highest BCUT2D eigenvalue weighted by molar-refractivity contribution is 5.26. The molecule has 1 aliphatic heterocycles. The molecule has 0 atom stereocenters. The standard InChI is InChI=1S/C18H26N/c1-2-16-10-12-18(13-11-16,19-14-6-7-15-19)17-8-4-3-5-9-17/h3-5,8-9,16H,1-2,6-7,10-15H2. The Balaban J connectivity index is 1.88. The number of rotatable bonds is 3. The van der Waals surface area contributed by atoms with Crippen molar-refractivity contribution in [2.24, 2.45) is 5.92 Å². The second-order valence-corrected chi connectivity index (χ2v) is 6.32. The lowest BCUT2D eigenvalue weighted by atomic mass is 9.71. The van der Waals surface area contributed by atoms with Gasteiger partial charge in [-0.15, -0.1) is 0 Å². The van der Waals surface area contributed by atoms with E-state index in [1.807, 2.05) is 0 Å². The number of likely N-dealkylation sites (tertiary alicyclic amines) is 1. The molecule has 1 heteroatoms. The molecule has 1 aromatic carbocycles. The molecule has 1 saturated carbocycles. The summed E-state index contributed by atoms with van der Waals surface area (Å²) in [5.41, 5.74) is 1.89. The molecule has 1 aliphatic carbocycles. The molecule has 1 saturated heterocycles. The zero-order chi connectivity index (χ0) is 13.1. The van der Waals surface area contributed by atoms with E-state index in [4.69, 9.17) is 0 Å². The molecule has 0 bridgehead atoms. The van der Waals surface area contributed by atoms with Crippen molar-refractivity contribution in [1.82, 2.24) is 4.90 Å². The molecule has 2 fully saturated rings. The summed E-state index contributed by atoms with van der Waals surface area (Å²) in [6.07, 6.45) is 9.25. The van der Waals surface area contributed by atoms with Gasteiger partial charge in [0.05, 0.1) is 0 Å². The van der Waals surface area contributed by atoms with Crippen LogP contribution in [0, 0.1) is 12.8 Å². The lowest BCUT2D eigenvalue weighted by molar-refractivity contribution is 0.0531. The van der Waals surface area contributed by atoms with E-state index in [2.05, 4.69) is 42.2 Å². The smallest absolute Gasteiger partial charge is 0.0460 e. The summed E-state index contributed by atoms with van der Waals surface area (Å²) in [5.74, 6) is 0.861. The van der Waals surface area contributed by atoms with Crippen LogP contribution in [0.1, 0.15) is 50.5 Å². The third kappa shape index (κ3) is 2.45. The monoisotopic (exact) mass is 256 g/mol. The lowest BCUT2D eigenvalue weighted by Crippen LogP contribution is -2.47. The van der Waals surface area contributed by atoms with E-state index < -0.39 is 0 Å². The summed E-state index contributed by atoms with van der Waals surface area (Å²) < 4.78 is 0. The Morgan fingerprint density at radius 1 is 1.05 bits per heavy atom. The molecule has 2 aliphatic rings. The maximum absolute atomic E-state index is 4.11. The molecular formula is C18H26N. The Morgan fingerprint density at radius 3 is 2.26 bits per heavy atom. The summed E-state index contributed by atoms with van der Waals surface area (Å²) in [7, 11) is 0. The minimum absolute atomic E-state index is 0.337. The lowest BCUT2D eigenvalue weighted by Gasteiger charge is -2.47. The highest BCUT2D eigenvalue weighted by atomic mass is 15.2. The summed E-state index contributed by atoms with van der Waals surface area (Å²) >= 11 is 0. The largest absolute Gasteiger partial charge is 0.294 e. The Kier molecular flexibility index (Phi) is 3.93. The molecular weight excluding hydrogens is 230 g/mol. The first-order valence-electron chi connectivity index (χ1n) is 7.95. The Bertz CT molecular complexity index is 383. The van der Waals surface area contributed by atoms with Crippen LogP contribution in [0.3, 0.4) is 0 Å². The Hall–Kier alpha value is -0.820. The average molecular weight is 256 g/mol. The van der Waals surface area contributed by atoms with Gasteiger partial charge in [0, 0.05) is 5.54 Å². The van der Waals surface area contributed by atoms with Crippen LogP contribution in [-0.4, -0.2) is 18.0 Å². The molecule has 0 amide bonds. The van der Waals surface area contributed by atoms with Crippen LogP contribution in [0.15, 0.2) is 30.3 Å². The molecule has 0 N–H and O–H groups in total. The van der Waals surface area contributed by atoms with Gasteiger partial charge in [0.1, 0.15) is 0 Å². The van der Waals surface area contributed by atoms with Crippen molar-refractivity contribution in [3.8, 4) is 0 Å². The van der Waals surface area contributed by atoms with Crippen molar-refractivity contribution < 1.29 is 0 Å². The van der Waals surface area contributed by atoms with Crippen LogP contribution in [0.25, 0.3) is 0 Å². The van der Waals surface area contributed by atoms with E-state index in [0.717, 1.165) is 12.3 Å². The highest BCUT2D eigenvalue weighted by Gasteiger charge is 2.42. The minimum atomic E-state index is 0.337. The van der Waals surface area contributed by atoms with Crippen LogP contribution in [0.4, 0.5) is 0 Å². The van der Waals surface area contributed by atoms with E-state index in [1.54, 1.807) is 5.56 Å². The summed E-state index contributed by atoms with van der Waals surface area (Å²) in [5, 5.41) is 0. The number of hydrogen-bond donors (Lipinski definition) is 0. The molecule has 0 spiro atoms. The van der Waals surface area contributed by atoms with Crippen molar-refractivity contribution in [2.45, 2.75) is 50.5 Å². The normalized spacial score (nSPS) is 32.6. The molecule has 0 unspecified atom stereocenters. The molecule has 3 rings (SSSR count). The van der Waals surface area contributed by atoms with E-state index in [0.29, 0.717) is 5.54 Å². The van der Waals surface area contributed by atoms with Gasteiger partial charge in [-0.3, -0.25) is 4.90 Å². The molecule has 1 radical (unpaired) electrons. The molecule has 0 aromatic heterocycles. The van der Waals surface area contributed by atoms with E-state index >= 15 is 0 Å². The summed E-state index contributed by atoms with van der Waals surface area (Å²) in [4.78, 5) is 2.78. The second-order valence-electron chi connectivity index (χ2n) is 6.32. The van der Waals surface area contributed by atoms with Gasteiger partial charge in [0.2, 0.25) is 0 Å². The third-order valence-electron chi connectivity index (χ3n) is 5.36. The van der Waals surface area contributed by atoms with E-state index in [-0.39, 0.29) is 0 Å². The Morgan fingerprint density at radius 2 is 1.68 bits per heavy atom. The average Bonchev–Trinajstić information content (AvgIpc) is 3.03. The quantitative estimate of drug-likeness (QED) is 0.775. The van der Waals surface area contributed by atoms with Gasteiger partial charge in [0.25, 0.3) is 0 Å². The Labute approximate surface area is 118 Å². The van der Waals surface area contributed by atoms with Crippen LogP contribution in [0.2, 0.25) is 0 Å². The van der Waals surface area contributed by atoms with Crippen LogP contribution < -0.4 is 0 Å².